The van der Waals surface area contributed by atoms with Gasteiger partial charge in [-0.2, -0.15) is 0 Å². The van der Waals surface area contributed by atoms with E-state index in [1.807, 2.05) is 78.9 Å². The van der Waals surface area contributed by atoms with E-state index in [2.05, 4.69) is 15.5 Å². The molecule has 0 saturated carbocycles. The zero-order chi connectivity index (χ0) is 33.6. The fourth-order valence-corrected chi connectivity index (χ4v) is 5.77. The lowest BCUT2D eigenvalue weighted by Gasteiger charge is -2.25. The summed E-state index contributed by atoms with van der Waals surface area (Å²) in [7, 11) is 0. The number of nitrogens with one attached hydrogen (secondary N) is 2. The molecule has 1 unspecified atom stereocenters. The number of alkyl halides is 2. The Morgan fingerprint density at radius 1 is 0.830 bits per heavy atom. The van der Waals surface area contributed by atoms with Gasteiger partial charge in [-0.1, -0.05) is 48.5 Å². The van der Waals surface area contributed by atoms with Gasteiger partial charge in [0.1, 0.15) is 5.60 Å². The molecule has 244 valence electrons. The van der Waals surface area contributed by atoms with E-state index < -0.39 is 23.9 Å². The largest absolute Gasteiger partial charge is 0.444 e. The third-order valence-corrected chi connectivity index (χ3v) is 7.60. The minimum Gasteiger partial charge on any atom is -0.444 e. The van der Waals surface area contributed by atoms with E-state index >= 15 is 0 Å². The Hall–Kier alpha value is -4.73. The summed E-state index contributed by atoms with van der Waals surface area (Å²) < 4.78 is 11.2. The van der Waals surface area contributed by atoms with Crippen molar-refractivity contribution in [2.45, 2.75) is 32.5 Å². The maximum atomic E-state index is 12.9. The van der Waals surface area contributed by atoms with E-state index in [0.29, 0.717) is 47.4 Å². The Bertz CT molecular complexity index is 1820. The number of para-hydroxylation sites is 2. The molecule has 0 aliphatic rings. The molecule has 9 nitrogen and oxygen atoms in total. The number of carbonyl (C=O) groups is 2. The third kappa shape index (κ3) is 8.55. The van der Waals surface area contributed by atoms with Crippen molar-refractivity contribution in [1.82, 2.24) is 4.98 Å². The SMILES string of the molecule is CC(C)(C)OC(=O)Nc1cc(Nc2c3ccccc3nc3ccccc23)cc(C(OC(N)=O)c2ccc(N(CCCl)CCCl)cc2)c1. The van der Waals surface area contributed by atoms with Crippen molar-refractivity contribution in [3.63, 3.8) is 0 Å². The number of rotatable bonds is 11. The molecule has 5 rings (SSSR count). The van der Waals surface area contributed by atoms with Gasteiger partial charge in [-0.15, -0.1) is 23.2 Å². The van der Waals surface area contributed by atoms with Gasteiger partial charge >= 0.3 is 12.2 Å². The molecule has 1 heterocycles. The summed E-state index contributed by atoms with van der Waals surface area (Å²) in [6.45, 7) is 6.62. The average Bonchev–Trinajstić information content (AvgIpc) is 3.02. The van der Waals surface area contributed by atoms with Gasteiger partial charge in [0.15, 0.2) is 6.10 Å². The Morgan fingerprint density at radius 2 is 1.40 bits per heavy atom. The van der Waals surface area contributed by atoms with Crippen LogP contribution in [0.4, 0.5) is 32.3 Å². The molecular weight excluding hydrogens is 637 g/mol. The molecule has 0 fully saturated rings. The van der Waals surface area contributed by atoms with Gasteiger partial charge in [0, 0.05) is 58.2 Å². The topological polar surface area (TPSA) is 119 Å². The summed E-state index contributed by atoms with van der Waals surface area (Å²) in [6, 6.07) is 28.7. The Morgan fingerprint density at radius 3 is 1.96 bits per heavy atom. The summed E-state index contributed by atoms with van der Waals surface area (Å²) in [5.41, 5.74) is 10.6. The molecule has 0 aliphatic carbocycles. The van der Waals surface area contributed by atoms with Gasteiger partial charge in [0.25, 0.3) is 0 Å². The lowest BCUT2D eigenvalue weighted by atomic mass is 9.99. The number of halogens is 2. The Balaban J connectivity index is 1.61. The van der Waals surface area contributed by atoms with Crippen LogP contribution in [0.2, 0.25) is 0 Å². The molecule has 0 bridgehead atoms. The molecule has 1 aromatic heterocycles. The number of nitrogens with zero attached hydrogens (tertiary/aromatic N) is 2. The van der Waals surface area contributed by atoms with Crippen molar-refractivity contribution in [3.8, 4) is 0 Å². The number of aromatic nitrogens is 1. The summed E-state index contributed by atoms with van der Waals surface area (Å²) in [4.78, 5) is 32.0. The number of primary amides is 1. The number of amides is 2. The van der Waals surface area contributed by atoms with Gasteiger partial charge in [-0.25, -0.2) is 14.6 Å². The standard InChI is InChI=1S/C36H37Cl2N5O4/c1-36(2,3)47-35(45)41-26-21-24(33(46-34(39)44)23-12-14-27(15-13-23)43(18-16-37)19-17-38)20-25(22-26)40-32-28-8-4-6-10-30(28)42-31-11-7-5-9-29(31)32/h4-15,20-22,33H,16-19H2,1-3H3,(H2,39,44)(H,40,42)(H,41,45). The Labute approximate surface area is 283 Å². The van der Waals surface area contributed by atoms with Crippen LogP contribution in [0.5, 0.6) is 0 Å². The van der Waals surface area contributed by atoms with Crippen LogP contribution in [0, 0.1) is 0 Å². The number of carbonyl (C=O) groups excluding carboxylic acids is 2. The molecule has 0 saturated heterocycles. The van der Waals surface area contributed by atoms with E-state index in [1.165, 1.54) is 0 Å². The van der Waals surface area contributed by atoms with Gasteiger partial charge < -0.3 is 25.4 Å². The van der Waals surface area contributed by atoms with Crippen molar-refractivity contribution >= 4 is 79.9 Å². The highest BCUT2D eigenvalue weighted by Crippen LogP contribution is 2.37. The highest BCUT2D eigenvalue weighted by molar-refractivity contribution is 6.18. The molecule has 11 heteroatoms. The second kappa shape index (κ2) is 14.8. The van der Waals surface area contributed by atoms with Crippen LogP contribution >= 0.6 is 23.2 Å². The number of anilines is 4. The van der Waals surface area contributed by atoms with Crippen molar-refractivity contribution in [2.24, 2.45) is 5.73 Å². The predicted octanol–water partition coefficient (Wildman–Crippen LogP) is 8.95. The zero-order valence-electron chi connectivity index (χ0n) is 26.4. The first kappa shape index (κ1) is 33.6. The number of hydrogen-bond acceptors (Lipinski definition) is 7. The van der Waals surface area contributed by atoms with Crippen molar-refractivity contribution in [2.75, 3.05) is 40.4 Å². The van der Waals surface area contributed by atoms with Gasteiger partial charge in [0.2, 0.25) is 0 Å². The molecule has 4 N–H and O–H groups in total. The molecular formula is C36H37Cl2N5O4. The monoisotopic (exact) mass is 673 g/mol. The molecule has 0 radical (unpaired) electrons. The van der Waals surface area contributed by atoms with Gasteiger partial charge in [-0.05, 0) is 68.8 Å². The van der Waals surface area contributed by atoms with Crippen LogP contribution in [0.15, 0.2) is 91.0 Å². The van der Waals surface area contributed by atoms with Crippen molar-refractivity contribution in [3.05, 3.63) is 102 Å². The third-order valence-electron chi connectivity index (χ3n) is 7.26. The maximum absolute atomic E-state index is 12.9. The van der Waals surface area contributed by atoms with Crippen LogP contribution in [-0.4, -0.2) is 47.6 Å². The molecule has 2 amide bonds. The van der Waals surface area contributed by atoms with E-state index in [1.54, 1.807) is 32.9 Å². The number of ether oxygens (including phenoxy) is 2. The lowest BCUT2D eigenvalue weighted by Crippen LogP contribution is -2.27. The molecule has 47 heavy (non-hydrogen) atoms. The van der Waals surface area contributed by atoms with Crippen LogP contribution in [0.25, 0.3) is 21.8 Å². The quantitative estimate of drug-likeness (QED) is 0.0946. The highest BCUT2D eigenvalue weighted by Gasteiger charge is 2.22. The second-order valence-electron chi connectivity index (χ2n) is 11.9. The minimum atomic E-state index is -0.948. The van der Waals surface area contributed by atoms with Crippen molar-refractivity contribution in [1.29, 1.82) is 0 Å². The van der Waals surface area contributed by atoms with Crippen LogP contribution in [0.3, 0.4) is 0 Å². The molecule has 1 atom stereocenters. The first-order chi connectivity index (χ1) is 22.5. The molecule has 4 aromatic carbocycles. The fourth-order valence-electron chi connectivity index (χ4n) is 5.37. The molecule has 5 aromatic rings. The van der Waals surface area contributed by atoms with Crippen molar-refractivity contribution < 1.29 is 19.1 Å². The smallest absolute Gasteiger partial charge is 0.412 e. The van der Waals surface area contributed by atoms with E-state index in [0.717, 1.165) is 33.2 Å². The normalized spacial score (nSPS) is 12.0. The number of hydrogen-bond donors (Lipinski definition) is 3. The van der Waals surface area contributed by atoms with Crippen LogP contribution in [0.1, 0.15) is 38.0 Å². The number of pyridine rings is 1. The first-order valence-corrected chi connectivity index (χ1v) is 16.2. The predicted molar refractivity (Wildman–Crippen MR) is 191 cm³/mol. The number of fused-ring (bicyclic) bond motifs is 2. The first-order valence-electron chi connectivity index (χ1n) is 15.2. The average molecular weight is 675 g/mol. The fraction of sp³-hybridized carbons (Fsp3) is 0.250. The maximum Gasteiger partial charge on any atom is 0.412 e. The number of nitrogens with two attached hydrogens (primary N) is 1. The summed E-state index contributed by atoms with van der Waals surface area (Å²) >= 11 is 12.0. The summed E-state index contributed by atoms with van der Waals surface area (Å²) in [6.07, 6.45) is -2.48. The van der Waals surface area contributed by atoms with Gasteiger partial charge in [0.05, 0.1) is 16.7 Å². The van der Waals surface area contributed by atoms with E-state index in [4.69, 9.17) is 43.4 Å². The Kier molecular flexibility index (Phi) is 10.6. The minimum absolute atomic E-state index is 0.423. The van der Waals surface area contributed by atoms with Crippen LogP contribution < -0.4 is 21.3 Å². The molecule has 0 spiro atoms. The second-order valence-corrected chi connectivity index (χ2v) is 12.6. The summed E-state index contributed by atoms with van der Waals surface area (Å²) in [5, 5.41) is 8.23. The molecule has 0 aliphatic heterocycles. The zero-order valence-corrected chi connectivity index (χ0v) is 27.9. The summed E-state index contributed by atoms with van der Waals surface area (Å²) in [5.74, 6) is 0.892. The van der Waals surface area contributed by atoms with Crippen LogP contribution in [-0.2, 0) is 9.47 Å². The number of benzene rings is 4. The van der Waals surface area contributed by atoms with E-state index in [-0.39, 0.29) is 0 Å². The highest BCUT2D eigenvalue weighted by atomic mass is 35.5. The van der Waals surface area contributed by atoms with Gasteiger partial charge in [-0.3, -0.25) is 5.32 Å². The lowest BCUT2D eigenvalue weighted by molar-refractivity contribution is 0.0635. The van der Waals surface area contributed by atoms with E-state index in [9.17, 15) is 9.59 Å².